The molecular formula is C44H72O17. The highest BCUT2D eigenvalue weighted by atomic mass is 16.8. The Morgan fingerprint density at radius 2 is 1.25 bits per heavy atom. The summed E-state index contributed by atoms with van der Waals surface area (Å²) in [5, 5.41) is 114. The molecule has 0 aromatic rings. The Morgan fingerprint density at radius 1 is 0.639 bits per heavy atom. The fourth-order valence-electron chi connectivity index (χ4n) is 13.9. The van der Waals surface area contributed by atoms with E-state index in [0.717, 1.165) is 50.7 Å². The second-order valence-corrected chi connectivity index (χ2v) is 20.5. The molecular weight excluding hydrogens is 800 g/mol. The summed E-state index contributed by atoms with van der Waals surface area (Å²) in [5.41, 5.74) is 1.50. The van der Waals surface area contributed by atoms with E-state index < -0.39 is 112 Å². The van der Waals surface area contributed by atoms with Crippen LogP contribution in [0, 0.1) is 46.3 Å². The monoisotopic (exact) mass is 872 g/mol. The van der Waals surface area contributed by atoms with E-state index in [0.29, 0.717) is 48.9 Å². The van der Waals surface area contributed by atoms with Crippen molar-refractivity contribution in [1.82, 2.24) is 0 Å². The largest absolute Gasteiger partial charge is 0.494 e. The van der Waals surface area contributed by atoms with E-state index in [1.807, 2.05) is 6.92 Å². The van der Waals surface area contributed by atoms with Crippen molar-refractivity contribution in [3.63, 3.8) is 0 Å². The Kier molecular flexibility index (Phi) is 13.7. The molecule has 350 valence electrons. The molecule has 0 amide bonds. The number of hydrogen-bond donors (Lipinski definition) is 11. The van der Waals surface area contributed by atoms with Crippen molar-refractivity contribution in [1.29, 1.82) is 0 Å². The Hall–Kier alpha value is -1.10. The highest BCUT2D eigenvalue weighted by molar-refractivity contribution is 5.27. The topological polar surface area (TPSA) is 278 Å². The first-order valence-electron chi connectivity index (χ1n) is 22.9. The van der Waals surface area contributed by atoms with Crippen molar-refractivity contribution in [3.8, 4) is 0 Å². The van der Waals surface area contributed by atoms with Gasteiger partial charge in [-0.25, -0.2) is 0 Å². The number of hydrogen-bond acceptors (Lipinski definition) is 17. The molecule has 8 aliphatic rings. The van der Waals surface area contributed by atoms with Crippen LogP contribution >= 0.6 is 0 Å². The van der Waals surface area contributed by atoms with Gasteiger partial charge in [-0.2, -0.15) is 0 Å². The van der Waals surface area contributed by atoms with Crippen LogP contribution in [0.15, 0.2) is 11.3 Å². The summed E-state index contributed by atoms with van der Waals surface area (Å²) in [6.07, 6.45) is -11.6. The molecule has 0 spiro atoms. The molecule has 4 aliphatic carbocycles. The highest BCUT2D eigenvalue weighted by Crippen LogP contribution is 2.70. The lowest BCUT2D eigenvalue weighted by Crippen LogP contribution is -2.65. The Balaban J connectivity index is 0.902. The minimum absolute atomic E-state index is 0.0856. The number of aliphatic hydroxyl groups is 11. The molecule has 17 nitrogen and oxygen atoms in total. The normalized spacial score (nSPS) is 54.0. The van der Waals surface area contributed by atoms with Crippen molar-refractivity contribution in [2.24, 2.45) is 46.3 Å². The molecule has 0 unspecified atom stereocenters. The molecule has 7 fully saturated rings. The average molecular weight is 873 g/mol. The van der Waals surface area contributed by atoms with Crippen LogP contribution in [0.2, 0.25) is 0 Å². The van der Waals surface area contributed by atoms with Crippen LogP contribution in [-0.2, 0) is 28.4 Å². The van der Waals surface area contributed by atoms with E-state index in [4.69, 9.17) is 28.4 Å². The van der Waals surface area contributed by atoms with Gasteiger partial charge in [-0.05, 0) is 111 Å². The van der Waals surface area contributed by atoms with Crippen molar-refractivity contribution in [2.75, 3.05) is 19.8 Å². The van der Waals surface area contributed by atoms with Crippen LogP contribution in [0.4, 0.5) is 0 Å². The zero-order valence-electron chi connectivity index (χ0n) is 35.8. The second-order valence-electron chi connectivity index (χ2n) is 20.5. The van der Waals surface area contributed by atoms with Crippen LogP contribution in [0.3, 0.4) is 0 Å². The number of rotatable bonds is 11. The first-order valence-corrected chi connectivity index (χ1v) is 22.9. The summed E-state index contributed by atoms with van der Waals surface area (Å²) in [6.45, 7) is 7.39. The zero-order chi connectivity index (χ0) is 43.9. The molecule has 4 heterocycles. The summed E-state index contributed by atoms with van der Waals surface area (Å²) in [4.78, 5) is 0. The van der Waals surface area contributed by atoms with Gasteiger partial charge in [0.05, 0.1) is 37.8 Å². The molecule has 11 N–H and O–H groups in total. The van der Waals surface area contributed by atoms with Gasteiger partial charge in [-0.15, -0.1) is 0 Å². The molecule has 3 saturated heterocycles. The predicted octanol–water partition coefficient (Wildman–Crippen LogP) is -0.804. The Bertz CT molecular complexity index is 1550. The first-order chi connectivity index (χ1) is 29.0. The molecule has 4 aliphatic heterocycles. The SMILES string of the molecule is CC1=C(CC[C@@H](C)[C@@H]2O[C@H](CO)[C@@H](O)[C@H](O)[C@H]2O)O[C@H]2C[C@@H]3[C@@H]4CC[C@@H]5C[C@@H](O[C@@H]6O[C@H](CO)[C@H](O)[C@H](O)[C@H]6O[C@@H]6O[C@H](CO)[C@@H](O)[C@H](O)[C@H]6O)CC[C@]5(C)[C@H]4CC[C@]3(C)[C@@H]12. The summed E-state index contributed by atoms with van der Waals surface area (Å²) in [5.74, 6) is 3.19. The fourth-order valence-corrected chi connectivity index (χ4v) is 13.9. The molecule has 61 heavy (non-hydrogen) atoms. The van der Waals surface area contributed by atoms with Gasteiger partial charge in [0.2, 0.25) is 0 Å². The van der Waals surface area contributed by atoms with Gasteiger partial charge in [0.15, 0.2) is 12.6 Å². The van der Waals surface area contributed by atoms with Gasteiger partial charge in [0.25, 0.3) is 0 Å². The molecule has 4 saturated carbocycles. The lowest BCUT2D eigenvalue weighted by atomic mass is 9.44. The van der Waals surface area contributed by atoms with Gasteiger partial charge in [-0.1, -0.05) is 20.8 Å². The minimum atomic E-state index is -1.74. The Labute approximate surface area is 357 Å². The molecule has 0 aromatic heterocycles. The zero-order valence-corrected chi connectivity index (χ0v) is 35.8. The van der Waals surface area contributed by atoms with Crippen LogP contribution in [0.25, 0.3) is 0 Å². The molecule has 17 heteroatoms. The third-order valence-electron chi connectivity index (χ3n) is 17.4. The molecule has 0 bridgehead atoms. The van der Waals surface area contributed by atoms with E-state index in [-0.39, 0.29) is 29.0 Å². The lowest BCUT2D eigenvalue weighted by Gasteiger charge is -2.61. The first kappa shape index (κ1) is 46.4. The smallest absolute Gasteiger partial charge is 0.187 e. The summed E-state index contributed by atoms with van der Waals surface area (Å²) in [6, 6.07) is 0. The van der Waals surface area contributed by atoms with E-state index >= 15 is 0 Å². The van der Waals surface area contributed by atoms with Crippen LogP contribution < -0.4 is 0 Å². The molecule has 0 radical (unpaired) electrons. The lowest BCUT2D eigenvalue weighted by molar-refractivity contribution is -0.373. The van der Waals surface area contributed by atoms with Crippen LogP contribution in [-0.4, -0.2) is 180 Å². The number of aliphatic hydroxyl groups excluding tert-OH is 11. The van der Waals surface area contributed by atoms with Crippen molar-refractivity contribution >= 4 is 0 Å². The molecule has 8 rings (SSSR count). The van der Waals surface area contributed by atoms with Crippen molar-refractivity contribution in [3.05, 3.63) is 11.3 Å². The van der Waals surface area contributed by atoms with Gasteiger partial charge in [0.1, 0.15) is 79.4 Å². The van der Waals surface area contributed by atoms with E-state index in [1.54, 1.807) is 0 Å². The standard InChI is InChI=1S/C44H72O17/c1-18(39-37(54)34(51)31(48)27(15-45)58-39)5-8-25-19(2)30-26(57-25)14-24-22-7-6-20-13-21(9-11-43(20,3)23(22)10-12-44(24,30)4)56-42-40(36(53)33(50)29(17-47)60-42)61-41-38(55)35(52)32(49)28(16-46)59-41/h18,20-24,26-42,45-55H,5-17H2,1-4H3/t18-,20-,21+,22-,23+,24-,26+,27-,28-,29-,30+,31-,32-,33+,34+,35+,36+,37-,38-,39+,40-,41+,42-,43+,44+/m1/s1. The number of fused-ring (bicyclic) bond motifs is 7. The highest BCUT2D eigenvalue weighted by Gasteiger charge is 2.65. The maximum absolute atomic E-state index is 11.2. The average Bonchev–Trinajstić information content (AvgIpc) is 3.73. The van der Waals surface area contributed by atoms with E-state index in [2.05, 4.69) is 20.8 Å². The maximum atomic E-state index is 11.2. The van der Waals surface area contributed by atoms with Crippen molar-refractivity contribution in [2.45, 2.75) is 196 Å². The van der Waals surface area contributed by atoms with Crippen molar-refractivity contribution < 1.29 is 84.6 Å². The predicted molar refractivity (Wildman–Crippen MR) is 212 cm³/mol. The number of allylic oxidation sites excluding steroid dienone is 1. The third kappa shape index (κ3) is 7.95. The van der Waals surface area contributed by atoms with E-state index in [1.165, 1.54) is 5.57 Å². The summed E-state index contributed by atoms with van der Waals surface area (Å²) < 4.78 is 36.7. The number of ether oxygens (including phenoxy) is 6. The minimum Gasteiger partial charge on any atom is -0.494 e. The maximum Gasteiger partial charge on any atom is 0.187 e. The van der Waals surface area contributed by atoms with E-state index in [9.17, 15) is 56.2 Å². The van der Waals surface area contributed by atoms with Gasteiger partial charge < -0.3 is 84.6 Å². The van der Waals surface area contributed by atoms with Crippen LogP contribution in [0.1, 0.15) is 91.9 Å². The molecule has 0 aromatic carbocycles. The van der Waals surface area contributed by atoms with Gasteiger partial charge in [0, 0.05) is 12.3 Å². The molecule has 25 atom stereocenters. The van der Waals surface area contributed by atoms with Gasteiger partial charge >= 0.3 is 0 Å². The third-order valence-corrected chi connectivity index (χ3v) is 17.4. The second kappa shape index (κ2) is 17.9. The van der Waals surface area contributed by atoms with Gasteiger partial charge in [-0.3, -0.25) is 0 Å². The quantitative estimate of drug-likeness (QED) is 0.113. The Morgan fingerprint density at radius 3 is 1.92 bits per heavy atom. The van der Waals surface area contributed by atoms with Crippen LogP contribution in [0.5, 0.6) is 0 Å². The summed E-state index contributed by atoms with van der Waals surface area (Å²) in [7, 11) is 0. The fraction of sp³-hybridized carbons (Fsp3) is 0.955. The summed E-state index contributed by atoms with van der Waals surface area (Å²) >= 11 is 0.